The molecule has 1 heterocycles. The average molecular weight is 249 g/mol. The van der Waals surface area contributed by atoms with E-state index in [1.807, 2.05) is 6.92 Å². The molecule has 0 saturated carbocycles. The lowest BCUT2D eigenvalue weighted by atomic mass is 10.4. The highest BCUT2D eigenvalue weighted by molar-refractivity contribution is 7.91. The summed E-state index contributed by atoms with van der Waals surface area (Å²) in [5.41, 5.74) is 0. The molecule has 0 aliphatic heterocycles. The van der Waals surface area contributed by atoms with Crippen molar-refractivity contribution in [3.8, 4) is 0 Å². The van der Waals surface area contributed by atoms with Gasteiger partial charge in [-0.2, -0.15) is 0 Å². The van der Waals surface area contributed by atoms with E-state index in [1.165, 1.54) is 11.3 Å². The minimum Gasteiger partial charge on any atom is -0.396 e. The minimum atomic E-state index is -3.33. The van der Waals surface area contributed by atoms with Crippen molar-refractivity contribution in [1.82, 2.24) is 4.72 Å². The van der Waals surface area contributed by atoms with Gasteiger partial charge in [-0.05, 0) is 18.6 Å². The molecule has 1 aromatic rings. The van der Waals surface area contributed by atoms with Crippen LogP contribution in [0.25, 0.3) is 0 Å². The fraction of sp³-hybridized carbons (Fsp3) is 0.556. The summed E-state index contributed by atoms with van der Waals surface area (Å²) in [5.74, 6) is 0. The Morgan fingerprint density at radius 3 is 2.80 bits per heavy atom. The van der Waals surface area contributed by atoms with Crippen molar-refractivity contribution in [2.75, 3.05) is 13.2 Å². The Balaban J connectivity index is 2.76. The van der Waals surface area contributed by atoms with Crippen molar-refractivity contribution in [2.45, 2.75) is 24.0 Å². The molecule has 0 spiro atoms. The highest BCUT2D eigenvalue weighted by atomic mass is 32.2. The van der Waals surface area contributed by atoms with Gasteiger partial charge in [0.25, 0.3) is 0 Å². The maximum atomic E-state index is 11.6. The number of sulfonamides is 1. The van der Waals surface area contributed by atoms with Crippen molar-refractivity contribution >= 4 is 21.4 Å². The molecule has 15 heavy (non-hydrogen) atoms. The van der Waals surface area contributed by atoms with Crippen LogP contribution in [0.2, 0.25) is 0 Å². The average Bonchev–Trinajstić information content (AvgIpc) is 2.65. The standard InChI is InChI=1S/C9H15NO3S2/c1-2-6-10-15(12,13)9-4-3-8(14-9)5-7-11/h3-4,10-11H,2,5-7H2,1H3. The third-order valence-electron chi connectivity index (χ3n) is 1.80. The van der Waals surface area contributed by atoms with Crippen LogP contribution >= 0.6 is 11.3 Å². The van der Waals surface area contributed by atoms with Crippen molar-refractivity contribution in [1.29, 1.82) is 0 Å². The Morgan fingerprint density at radius 1 is 1.47 bits per heavy atom. The van der Waals surface area contributed by atoms with Crippen molar-refractivity contribution in [3.05, 3.63) is 17.0 Å². The number of rotatable bonds is 6. The summed E-state index contributed by atoms with van der Waals surface area (Å²) in [6, 6.07) is 3.31. The molecule has 0 aliphatic rings. The third-order valence-corrected chi connectivity index (χ3v) is 4.90. The fourth-order valence-corrected chi connectivity index (χ4v) is 3.58. The first-order valence-electron chi connectivity index (χ1n) is 4.79. The predicted octanol–water partition coefficient (Wildman–Crippen LogP) is 0.971. The van der Waals surface area contributed by atoms with Gasteiger partial charge in [0.1, 0.15) is 4.21 Å². The summed E-state index contributed by atoms with van der Waals surface area (Å²) in [5, 5.41) is 8.71. The van der Waals surface area contributed by atoms with Crippen LogP contribution in [0.15, 0.2) is 16.3 Å². The first-order valence-corrected chi connectivity index (χ1v) is 7.09. The maximum absolute atomic E-state index is 11.6. The molecule has 0 radical (unpaired) electrons. The summed E-state index contributed by atoms with van der Waals surface area (Å²) in [6.45, 7) is 2.41. The van der Waals surface area contributed by atoms with Crippen LogP contribution < -0.4 is 4.72 Å². The Kier molecular flexibility index (Phi) is 4.72. The maximum Gasteiger partial charge on any atom is 0.250 e. The molecule has 0 aromatic carbocycles. The molecule has 2 N–H and O–H groups in total. The van der Waals surface area contributed by atoms with Crippen molar-refractivity contribution < 1.29 is 13.5 Å². The Hall–Kier alpha value is -0.430. The zero-order chi connectivity index (χ0) is 11.3. The molecule has 0 saturated heterocycles. The number of aliphatic hydroxyl groups excluding tert-OH is 1. The van der Waals surface area contributed by atoms with Gasteiger partial charge in [0, 0.05) is 24.4 Å². The largest absolute Gasteiger partial charge is 0.396 e. The summed E-state index contributed by atoms with van der Waals surface area (Å²) in [4.78, 5) is 0.884. The first-order chi connectivity index (χ1) is 7.10. The second kappa shape index (κ2) is 5.60. The molecule has 0 atom stereocenters. The normalized spacial score (nSPS) is 11.9. The van der Waals surface area contributed by atoms with Gasteiger partial charge in [0.05, 0.1) is 0 Å². The number of thiophene rings is 1. The molecule has 0 unspecified atom stereocenters. The molecule has 6 heteroatoms. The van der Waals surface area contributed by atoms with Gasteiger partial charge >= 0.3 is 0 Å². The van der Waals surface area contributed by atoms with Crippen LogP contribution in [0.4, 0.5) is 0 Å². The molecule has 1 aromatic heterocycles. The SMILES string of the molecule is CCCNS(=O)(=O)c1ccc(CCO)s1. The number of nitrogens with one attached hydrogen (secondary N) is 1. The number of hydrogen-bond acceptors (Lipinski definition) is 4. The molecule has 0 amide bonds. The van der Waals surface area contributed by atoms with Crippen LogP contribution in [0.1, 0.15) is 18.2 Å². The highest BCUT2D eigenvalue weighted by Gasteiger charge is 2.15. The molecule has 86 valence electrons. The van der Waals surface area contributed by atoms with Crippen molar-refractivity contribution in [2.24, 2.45) is 0 Å². The molecular formula is C9H15NO3S2. The summed E-state index contributed by atoms with van der Waals surface area (Å²) < 4.78 is 26.1. The van der Waals surface area contributed by atoms with Gasteiger partial charge in [-0.25, -0.2) is 13.1 Å². The predicted molar refractivity (Wildman–Crippen MR) is 60.6 cm³/mol. The van der Waals surface area contributed by atoms with E-state index >= 15 is 0 Å². The second-order valence-corrected chi connectivity index (χ2v) is 6.25. The smallest absolute Gasteiger partial charge is 0.250 e. The topological polar surface area (TPSA) is 66.4 Å². The van der Waals surface area contributed by atoms with E-state index in [4.69, 9.17) is 5.11 Å². The summed E-state index contributed by atoms with van der Waals surface area (Å²) in [7, 11) is -3.33. The molecular weight excluding hydrogens is 234 g/mol. The minimum absolute atomic E-state index is 0.0440. The van der Waals surface area contributed by atoms with Crippen LogP contribution in [0.5, 0.6) is 0 Å². The van der Waals surface area contributed by atoms with E-state index in [-0.39, 0.29) is 6.61 Å². The summed E-state index contributed by atoms with van der Waals surface area (Å²) >= 11 is 1.20. The zero-order valence-electron chi connectivity index (χ0n) is 8.56. The van der Waals surface area contributed by atoms with E-state index in [2.05, 4.69) is 4.72 Å². The number of hydrogen-bond donors (Lipinski definition) is 2. The Labute approximate surface area is 94.0 Å². The monoisotopic (exact) mass is 249 g/mol. The zero-order valence-corrected chi connectivity index (χ0v) is 10.2. The lowest BCUT2D eigenvalue weighted by Crippen LogP contribution is -2.23. The van der Waals surface area contributed by atoms with E-state index in [0.717, 1.165) is 11.3 Å². The Morgan fingerprint density at radius 2 is 2.20 bits per heavy atom. The fourth-order valence-electron chi connectivity index (χ4n) is 1.05. The van der Waals surface area contributed by atoms with E-state index in [1.54, 1.807) is 12.1 Å². The molecule has 0 bridgehead atoms. The van der Waals surface area contributed by atoms with E-state index in [0.29, 0.717) is 17.2 Å². The van der Waals surface area contributed by atoms with Gasteiger partial charge in [-0.1, -0.05) is 6.92 Å². The van der Waals surface area contributed by atoms with E-state index < -0.39 is 10.0 Å². The van der Waals surface area contributed by atoms with Gasteiger partial charge in [0.2, 0.25) is 10.0 Å². The Bertz CT molecular complexity index is 397. The van der Waals surface area contributed by atoms with Crippen LogP contribution in [-0.2, 0) is 16.4 Å². The molecule has 4 nitrogen and oxygen atoms in total. The lowest BCUT2D eigenvalue weighted by Gasteiger charge is -2.01. The van der Waals surface area contributed by atoms with Crippen LogP contribution in [0.3, 0.4) is 0 Å². The second-order valence-electron chi connectivity index (χ2n) is 3.09. The van der Waals surface area contributed by atoms with Crippen LogP contribution in [0, 0.1) is 0 Å². The quantitative estimate of drug-likeness (QED) is 0.789. The van der Waals surface area contributed by atoms with Gasteiger partial charge in [-0.3, -0.25) is 0 Å². The van der Waals surface area contributed by atoms with E-state index in [9.17, 15) is 8.42 Å². The van der Waals surface area contributed by atoms with Gasteiger partial charge in [0.15, 0.2) is 0 Å². The number of aliphatic hydroxyl groups is 1. The lowest BCUT2D eigenvalue weighted by molar-refractivity contribution is 0.300. The highest BCUT2D eigenvalue weighted by Crippen LogP contribution is 2.21. The molecule has 0 aliphatic carbocycles. The van der Waals surface area contributed by atoms with Crippen molar-refractivity contribution in [3.63, 3.8) is 0 Å². The first kappa shape index (κ1) is 12.6. The summed E-state index contributed by atoms with van der Waals surface area (Å²) in [6.07, 6.45) is 1.28. The van der Waals surface area contributed by atoms with Gasteiger partial charge in [-0.15, -0.1) is 11.3 Å². The third kappa shape index (κ3) is 3.57. The van der Waals surface area contributed by atoms with Crippen LogP contribution in [-0.4, -0.2) is 26.7 Å². The molecule has 0 fully saturated rings. The van der Waals surface area contributed by atoms with Gasteiger partial charge < -0.3 is 5.11 Å². The molecule has 1 rings (SSSR count).